The SMILES string of the molecule is CC(C)C[C@H](NC(=O)c1ccc2ccccc2n1)C(=O)N[C@H]1CCCN(S(=O)(=O)c2cccc[n+]2[O-])CC1O. The van der Waals surface area contributed by atoms with Crippen molar-refractivity contribution in [2.75, 3.05) is 13.1 Å². The molecule has 4 rings (SSSR count). The van der Waals surface area contributed by atoms with Crippen LogP contribution in [0.5, 0.6) is 0 Å². The molecule has 0 saturated carbocycles. The maximum absolute atomic E-state index is 13.3. The molecule has 3 N–H and O–H groups in total. The molecule has 1 fully saturated rings. The first-order valence-corrected chi connectivity index (χ1v) is 14.3. The predicted octanol–water partition coefficient (Wildman–Crippen LogP) is 1.34. The van der Waals surface area contributed by atoms with Crippen LogP contribution in [0, 0.1) is 11.1 Å². The Morgan fingerprint density at radius 3 is 2.64 bits per heavy atom. The minimum absolute atomic E-state index is 0.0787. The molecule has 2 aromatic heterocycles. The fraction of sp³-hybridized carbons (Fsp3) is 0.407. The molecule has 1 unspecified atom stereocenters. The molecule has 11 nitrogen and oxygen atoms in total. The van der Waals surface area contributed by atoms with Gasteiger partial charge in [0.1, 0.15) is 11.7 Å². The van der Waals surface area contributed by atoms with Gasteiger partial charge in [0.25, 0.3) is 5.91 Å². The maximum Gasteiger partial charge on any atom is 0.323 e. The number of benzene rings is 1. The predicted molar refractivity (Wildman–Crippen MR) is 144 cm³/mol. The number of hydrogen-bond acceptors (Lipinski definition) is 7. The number of aliphatic hydroxyl groups is 1. The fourth-order valence-electron chi connectivity index (χ4n) is 4.65. The van der Waals surface area contributed by atoms with Crippen LogP contribution >= 0.6 is 0 Å². The van der Waals surface area contributed by atoms with Crippen LogP contribution in [0.1, 0.15) is 43.6 Å². The minimum Gasteiger partial charge on any atom is -0.618 e. The molecule has 39 heavy (non-hydrogen) atoms. The van der Waals surface area contributed by atoms with Gasteiger partial charge >= 0.3 is 15.0 Å². The molecule has 12 heteroatoms. The summed E-state index contributed by atoms with van der Waals surface area (Å²) in [4.78, 5) is 30.7. The number of nitrogens with zero attached hydrogens (tertiary/aromatic N) is 3. The smallest absolute Gasteiger partial charge is 0.323 e. The Bertz CT molecular complexity index is 1450. The van der Waals surface area contributed by atoms with Gasteiger partial charge in [0, 0.05) is 30.6 Å². The number of carbonyl (C=O) groups excluding carboxylic acids is 2. The molecule has 1 aliphatic heterocycles. The Kier molecular flexibility index (Phi) is 8.78. The average molecular weight is 556 g/mol. The van der Waals surface area contributed by atoms with Crippen molar-refractivity contribution in [3.63, 3.8) is 0 Å². The molecule has 0 bridgehead atoms. The number of nitrogens with one attached hydrogen (secondary N) is 2. The van der Waals surface area contributed by atoms with E-state index in [1.54, 1.807) is 18.2 Å². The van der Waals surface area contributed by atoms with Crippen LogP contribution in [0.4, 0.5) is 0 Å². The zero-order chi connectivity index (χ0) is 28.2. The maximum atomic E-state index is 13.3. The van der Waals surface area contributed by atoms with E-state index in [0.717, 1.165) is 15.9 Å². The van der Waals surface area contributed by atoms with Crippen LogP contribution in [0.25, 0.3) is 10.9 Å². The number of rotatable bonds is 8. The van der Waals surface area contributed by atoms with E-state index in [1.807, 2.05) is 32.0 Å². The number of aliphatic hydroxyl groups excluding tert-OH is 1. The van der Waals surface area contributed by atoms with Crippen LogP contribution in [-0.4, -0.2) is 65.9 Å². The van der Waals surface area contributed by atoms with Gasteiger partial charge in [-0.1, -0.05) is 38.1 Å². The number of aromatic nitrogens is 2. The van der Waals surface area contributed by atoms with Crippen LogP contribution < -0.4 is 15.4 Å². The van der Waals surface area contributed by atoms with Crippen LogP contribution in [0.3, 0.4) is 0 Å². The monoisotopic (exact) mass is 555 g/mol. The summed E-state index contributed by atoms with van der Waals surface area (Å²) in [6.07, 6.45) is 0.911. The van der Waals surface area contributed by atoms with E-state index in [2.05, 4.69) is 15.6 Å². The van der Waals surface area contributed by atoms with E-state index in [1.165, 1.54) is 18.2 Å². The lowest BCUT2D eigenvalue weighted by molar-refractivity contribution is -0.646. The lowest BCUT2D eigenvalue weighted by atomic mass is 10.0. The number of para-hydroxylation sites is 1. The number of carbonyl (C=O) groups is 2. The number of pyridine rings is 2. The Morgan fingerprint density at radius 2 is 1.90 bits per heavy atom. The highest BCUT2D eigenvalue weighted by atomic mass is 32.2. The molecule has 3 heterocycles. The van der Waals surface area contributed by atoms with E-state index in [0.29, 0.717) is 24.8 Å². The summed E-state index contributed by atoms with van der Waals surface area (Å²) in [6, 6.07) is 13.3. The van der Waals surface area contributed by atoms with Crippen molar-refractivity contribution < 1.29 is 27.8 Å². The second kappa shape index (κ2) is 12.1. The van der Waals surface area contributed by atoms with Crippen LogP contribution in [0.15, 0.2) is 65.8 Å². The molecule has 1 aromatic carbocycles. The molecule has 0 spiro atoms. The summed E-state index contributed by atoms with van der Waals surface area (Å²) in [5.41, 5.74) is 0.844. The highest BCUT2D eigenvalue weighted by Crippen LogP contribution is 2.20. The Balaban J connectivity index is 1.45. The number of fused-ring (bicyclic) bond motifs is 1. The number of sulfonamides is 1. The van der Waals surface area contributed by atoms with Crippen LogP contribution in [0.2, 0.25) is 0 Å². The van der Waals surface area contributed by atoms with E-state index < -0.39 is 45.1 Å². The average Bonchev–Trinajstić information content (AvgIpc) is 3.09. The van der Waals surface area contributed by atoms with Crippen LogP contribution in [-0.2, 0) is 14.8 Å². The summed E-state index contributed by atoms with van der Waals surface area (Å²) in [5.74, 6) is -0.886. The van der Waals surface area contributed by atoms with E-state index in [9.17, 15) is 28.3 Å². The Labute approximate surface area is 227 Å². The first-order chi connectivity index (χ1) is 18.6. The Hall–Kier alpha value is -3.61. The third kappa shape index (κ3) is 6.70. The summed E-state index contributed by atoms with van der Waals surface area (Å²) in [5, 5.41) is 29.0. The van der Waals surface area contributed by atoms with Crippen molar-refractivity contribution in [2.45, 2.75) is 56.3 Å². The van der Waals surface area contributed by atoms with E-state index in [-0.39, 0.29) is 29.4 Å². The van der Waals surface area contributed by atoms with Gasteiger partial charge < -0.3 is 20.9 Å². The third-order valence-corrected chi connectivity index (χ3v) is 8.51. The van der Waals surface area contributed by atoms with Gasteiger partial charge in [-0.15, -0.1) is 0 Å². The molecule has 1 saturated heterocycles. The number of amides is 2. The molecule has 208 valence electrons. The largest absolute Gasteiger partial charge is 0.618 e. The second-order valence-electron chi connectivity index (χ2n) is 10.1. The molecule has 1 aliphatic rings. The van der Waals surface area contributed by atoms with Crippen molar-refractivity contribution in [2.24, 2.45) is 5.92 Å². The van der Waals surface area contributed by atoms with Crippen molar-refractivity contribution in [1.82, 2.24) is 19.9 Å². The van der Waals surface area contributed by atoms with Gasteiger partial charge in [-0.25, -0.2) is 13.4 Å². The summed E-state index contributed by atoms with van der Waals surface area (Å²) in [7, 11) is -4.15. The molecular formula is C27H33N5O6S. The molecular weight excluding hydrogens is 522 g/mol. The standard InChI is InChI=1S/C27H33N5O6S/c1-18(2)16-23(30-26(34)22-13-12-19-8-3-4-9-20(19)28-22)27(35)29-21-10-7-14-31(17-24(21)33)39(37,38)25-11-5-6-15-32(25)36/h3-6,8-9,11-13,15,18,21,23-24,33H,7,10,14,16-17H2,1-2H3,(H,29,35)(H,30,34)/t21-,23-,24?/m0/s1. The summed E-state index contributed by atoms with van der Waals surface area (Å²) < 4.78 is 27.4. The minimum atomic E-state index is -4.15. The molecule has 3 aromatic rings. The van der Waals surface area contributed by atoms with Crippen molar-refractivity contribution in [3.05, 3.63) is 71.7 Å². The topological polar surface area (TPSA) is 156 Å². The second-order valence-corrected chi connectivity index (χ2v) is 12.0. The molecule has 2 amide bonds. The highest BCUT2D eigenvalue weighted by molar-refractivity contribution is 7.88. The first-order valence-electron chi connectivity index (χ1n) is 12.9. The third-order valence-electron chi connectivity index (χ3n) is 6.66. The molecule has 0 aliphatic carbocycles. The van der Waals surface area contributed by atoms with Gasteiger partial charge in [-0.3, -0.25) is 9.59 Å². The lowest BCUT2D eigenvalue weighted by Crippen LogP contribution is -2.54. The highest BCUT2D eigenvalue weighted by Gasteiger charge is 2.37. The van der Waals surface area contributed by atoms with E-state index >= 15 is 0 Å². The summed E-state index contributed by atoms with van der Waals surface area (Å²) in [6.45, 7) is 3.65. The normalized spacial score (nSPS) is 19.4. The zero-order valence-electron chi connectivity index (χ0n) is 21.9. The van der Waals surface area contributed by atoms with Gasteiger partial charge in [0.15, 0.2) is 6.20 Å². The van der Waals surface area contributed by atoms with Crippen molar-refractivity contribution in [3.8, 4) is 0 Å². The van der Waals surface area contributed by atoms with E-state index in [4.69, 9.17) is 0 Å². The fourth-order valence-corrected chi connectivity index (χ4v) is 6.17. The summed E-state index contributed by atoms with van der Waals surface area (Å²) >= 11 is 0. The number of hydrogen-bond donors (Lipinski definition) is 3. The Morgan fingerprint density at radius 1 is 1.15 bits per heavy atom. The molecule has 3 atom stereocenters. The zero-order valence-corrected chi connectivity index (χ0v) is 22.7. The van der Waals surface area contributed by atoms with Gasteiger partial charge in [0.05, 0.1) is 17.7 Å². The quantitative estimate of drug-likeness (QED) is 0.280. The van der Waals surface area contributed by atoms with Gasteiger partial charge in [-0.2, -0.15) is 9.04 Å². The van der Waals surface area contributed by atoms with Crippen molar-refractivity contribution in [1.29, 1.82) is 0 Å². The van der Waals surface area contributed by atoms with Gasteiger partial charge in [0.2, 0.25) is 5.91 Å². The lowest BCUT2D eigenvalue weighted by Gasteiger charge is -2.27. The van der Waals surface area contributed by atoms with Gasteiger partial charge in [-0.05, 0) is 43.4 Å². The number of β-amino-alcohol motifs (C(OH)–C–C–N with tert-alkyl or cyclic N) is 1. The van der Waals surface area contributed by atoms with Crippen molar-refractivity contribution >= 4 is 32.7 Å². The molecule has 0 radical (unpaired) electrons. The first kappa shape index (κ1) is 28.4.